The number of para-hydroxylation sites is 2. The fraction of sp³-hybridized carbons (Fsp3) is 0.346. The van der Waals surface area contributed by atoms with Gasteiger partial charge in [0.25, 0.3) is 5.56 Å². The van der Waals surface area contributed by atoms with E-state index in [1.165, 1.54) is 21.8 Å². The Morgan fingerprint density at radius 1 is 0.839 bits per heavy atom. The van der Waals surface area contributed by atoms with Gasteiger partial charge < -0.3 is 14.2 Å². The summed E-state index contributed by atoms with van der Waals surface area (Å²) in [5.41, 5.74) is 3.62. The van der Waals surface area contributed by atoms with Crippen LogP contribution in [0.25, 0.3) is 21.8 Å². The first-order valence-corrected chi connectivity index (χ1v) is 11.2. The second kappa shape index (κ2) is 7.36. The van der Waals surface area contributed by atoms with Crippen molar-refractivity contribution in [1.82, 2.24) is 14.0 Å². The van der Waals surface area contributed by atoms with Crippen LogP contribution in [0.15, 0.2) is 71.5 Å². The summed E-state index contributed by atoms with van der Waals surface area (Å²) in [6, 6.07) is 22.5. The van der Waals surface area contributed by atoms with Crippen molar-refractivity contribution >= 4 is 21.8 Å². The van der Waals surface area contributed by atoms with Crippen molar-refractivity contribution in [3.63, 3.8) is 0 Å². The topological polar surface area (TPSA) is 50.4 Å². The van der Waals surface area contributed by atoms with Gasteiger partial charge in [0.05, 0.1) is 12.6 Å². The summed E-state index contributed by atoms with van der Waals surface area (Å²) >= 11 is 0. The molecule has 2 bridgehead atoms. The summed E-state index contributed by atoms with van der Waals surface area (Å²) in [7, 11) is 0. The number of hydrogen-bond donors (Lipinski definition) is 1. The van der Waals surface area contributed by atoms with Crippen LogP contribution in [0.3, 0.4) is 0 Å². The van der Waals surface area contributed by atoms with Crippen molar-refractivity contribution in [2.45, 2.75) is 31.5 Å². The van der Waals surface area contributed by atoms with Gasteiger partial charge in [-0.25, -0.2) is 0 Å². The lowest BCUT2D eigenvalue weighted by molar-refractivity contribution is 0.0558. The minimum atomic E-state index is -0.448. The number of β-amino-alcohol motifs (C(OH)–C–C–N with tert-alkyl or cyclic N) is 1. The normalized spacial score (nSPS) is 22.0. The summed E-state index contributed by atoms with van der Waals surface area (Å²) in [6.07, 6.45) is 0.694. The van der Waals surface area contributed by atoms with Crippen LogP contribution in [-0.2, 0) is 13.1 Å². The SMILES string of the molecule is O=c1cccc2n1CC1C[C@@H]2CN(CC(O)Cn2c3ccccc3c3ccccc32)C1. The van der Waals surface area contributed by atoms with Crippen LogP contribution < -0.4 is 5.56 Å². The Kier molecular flexibility index (Phi) is 4.47. The average Bonchev–Trinajstić information content (AvgIpc) is 3.08. The Morgan fingerprint density at radius 3 is 2.29 bits per heavy atom. The van der Waals surface area contributed by atoms with E-state index in [0.717, 1.165) is 31.7 Å². The molecule has 0 saturated carbocycles. The van der Waals surface area contributed by atoms with E-state index < -0.39 is 6.10 Å². The molecule has 0 spiro atoms. The molecule has 5 nitrogen and oxygen atoms in total. The first-order valence-electron chi connectivity index (χ1n) is 11.2. The number of benzene rings is 2. The maximum atomic E-state index is 12.3. The molecule has 1 fully saturated rings. The van der Waals surface area contributed by atoms with Crippen LogP contribution in [0.1, 0.15) is 18.0 Å². The molecule has 5 heteroatoms. The van der Waals surface area contributed by atoms with Crippen LogP contribution in [0.4, 0.5) is 0 Å². The van der Waals surface area contributed by atoms with E-state index in [1.807, 2.05) is 10.6 Å². The summed E-state index contributed by atoms with van der Waals surface area (Å²) in [5, 5.41) is 13.5. The lowest BCUT2D eigenvalue weighted by Crippen LogP contribution is -2.49. The Labute approximate surface area is 181 Å². The van der Waals surface area contributed by atoms with Crippen molar-refractivity contribution in [3.8, 4) is 0 Å². The Balaban J connectivity index is 1.24. The molecule has 6 rings (SSSR count). The largest absolute Gasteiger partial charge is 0.390 e. The Morgan fingerprint density at radius 2 is 1.55 bits per heavy atom. The summed E-state index contributed by atoms with van der Waals surface area (Å²) in [4.78, 5) is 14.7. The van der Waals surface area contributed by atoms with Gasteiger partial charge in [0, 0.05) is 65.7 Å². The fourth-order valence-electron chi connectivity index (χ4n) is 5.91. The van der Waals surface area contributed by atoms with Gasteiger partial charge in [0.15, 0.2) is 0 Å². The van der Waals surface area contributed by atoms with E-state index in [2.05, 4.69) is 64.1 Å². The Bertz CT molecular complexity index is 1270. The van der Waals surface area contributed by atoms with E-state index in [4.69, 9.17) is 0 Å². The van der Waals surface area contributed by atoms with E-state index in [-0.39, 0.29) is 5.56 Å². The van der Waals surface area contributed by atoms with Gasteiger partial charge in [-0.15, -0.1) is 0 Å². The van der Waals surface area contributed by atoms with E-state index >= 15 is 0 Å². The number of aliphatic hydroxyl groups is 1. The number of nitrogens with zero attached hydrogens (tertiary/aromatic N) is 3. The van der Waals surface area contributed by atoms with Gasteiger partial charge in [0.1, 0.15) is 0 Å². The van der Waals surface area contributed by atoms with Crippen LogP contribution in [0.5, 0.6) is 0 Å². The highest BCUT2D eigenvalue weighted by Crippen LogP contribution is 2.35. The zero-order valence-electron chi connectivity index (χ0n) is 17.5. The van der Waals surface area contributed by atoms with Crippen molar-refractivity contribution in [2.24, 2.45) is 5.92 Å². The second-order valence-electron chi connectivity index (χ2n) is 9.22. The smallest absolute Gasteiger partial charge is 0.250 e. The van der Waals surface area contributed by atoms with Crippen molar-refractivity contribution < 1.29 is 5.11 Å². The highest BCUT2D eigenvalue weighted by atomic mass is 16.3. The number of piperidine rings is 1. The molecule has 0 radical (unpaired) electrons. The van der Waals surface area contributed by atoms with E-state index in [0.29, 0.717) is 24.9 Å². The van der Waals surface area contributed by atoms with Gasteiger partial charge in [-0.2, -0.15) is 0 Å². The summed E-state index contributed by atoms with van der Waals surface area (Å²) in [6.45, 7) is 3.89. The van der Waals surface area contributed by atoms with Gasteiger partial charge in [-0.3, -0.25) is 9.69 Å². The minimum Gasteiger partial charge on any atom is -0.390 e. The Hall–Kier alpha value is -2.89. The number of aliphatic hydroxyl groups excluding tert-OH is 1. The van der Waals surface area contributed by atoms with Crippen LogP contribution in [0.2, 0.25) is 0 Å². The standard InChI is InChI=1S/C26H27N3O2/c30-20(17-28-24-8-3-1-6-21(24)22-7-2-4-9-25(22)28)16-27-13-18-12-19(15-27)23-10-5-11-26(31)29(23)14-18/h1-11,18-20,30H,12-17H2/t18?,19-,20?/m1/s1. The van der Waals surface area contributed by atoms with Crippen LogP contribution in [-0.4, -0.2) is 44.9 Å². The molecule has 2 aromatic heterocycles. The molecular formula is C26H27N3O2. The molecule has 4 aromatic rings. The molecule has 1 saturated heterocycles. The van der Waals surface area contributed by atoms with Gasteiger partial charge in [-0.1, -0.05) is 42.5 Å². The molecule has 158 valence electrons. The van der Waals surface area contributed by atoms with Gasteiger partial charge in [-0.05, 0) is 30.5 Å². The molecule has 0 aliphatic carbocycles. The van der Waals surface area contributed by atoms with Gasteiger partial charge >= 0.3 is 0 Å². The molecular weight excluding hydrogens is 386 g/mol. The maximum Gasteiger partial charge on any atom is 0.250 e. The molecule has 2 aliphatic rings. The minimum absolute atomic E-state index is 0.118. The van der Waals surface area contributed by atoms with Gasteiger partial charge in [0.2, 0.25) is 0 Å². The maximum absolute atomic E-state index is 12.3. The summed E-state index contributed by atoms with van der Waals surface area (Å²) in [5.74, 6) is 0.855. The molecule has 31 heavy (non-hydrogen) atoms. The highest BCUT2D eigenvalue weighted by molar-refractivity contribution is 6.07. The van der Waals surface area contributed by atoms with Crippen molar-refractivity contribution in [2.75, 3.05) is 19.6 Å². The third kappa shape index (κ3) is 3.20. The number of pyridine rings is 1. The van der Waals surface area contributed by atoms with E-state index in [9.17, 15) is 9.90 Å². The summed E-state index contributed by atoms with van der Waals surface area (Å²) < 4.78 is 4.22. The molecule has 1 N–H and O–H groups in total. The van der Waals surface area contributed by atoms with Crippen molar-refractivity contribution in [1.29, 1.82) is 0 Å². The monoisotopic (exact) mass is 413 g/mol. The third-order valence-corrected chi connectivity index (χ3v) is 7.10. The predicted molar refractivity (Wildman–Crippen MR) is 123 cm³/mol. The average molecular weight is 414 g/mol. The quantitative estimate of drug-likeness (QED) is 0.558. The molecule has 4 heterocycles. The zero-order valence-corrected chi connectivity index (χ0v) is 17.5. The third-order valence-electron chi connectivity index (χ3n) is 7.10. The molecule has 0 amide bonds. The first kappa shape index (κ1) is 18.8. The predicted octanol–water partition coefficient (Wildman–Crippen LogP) is 3.44. The van der Waals surface area contributed by atoms with E-state index in [1.54, 1.807) is 6.07 Å². The number of likely N-dealkylation sites (tertiary alicyclic amines) is 1. The zero-order chi connectivity index (χ0) is 20.9. The van der Waals surface area contributed by atoms with Crippen LogP contribution >= 0.6 is 0 Å². The molecule has 2 unspecified atom stereocenters. The molecule has 2 aliphatic heterocycles. The molecule has 3 atom stereocenters. The number of hydrogen-bond acceptors (Lipinski definition) is 3. The number of fused-ring (bicyclic) bond motifs is 7. The van der Waals surface area contributed by atoms with Crippen LogP contribution in [0, 0.1) is 5.92 Å². The van der Waals surface area contributed by atoms with Crippen molar-refractivity contribution in [3.05, 3.63) is 82.8 Å². The molecule has 2 aromatic carbocycles. The first-order chi connectivity index (χ1) is 15.2. The second-order valence-corrected chi connectivity index (χ2v) is 9.22. The lowest BCUT2D eigenvalue weighted by atomic mass is 9.83. The number of rotatable bonds is 4. The fourth-order valence-corrected chi connectivity index (χ4v) is 5.91. The highest BCUT2D eigenvalue weighted by Gasteiger charge is 2.35. The number of aromatic nitrogens is 2. The lowest BCUT2D eigenvalue weighted by Gasteiger charge is -2.43.